The van der Waals surface area contributed by atoms with Gasteiger partial charge in [0.05, 0.1) is 27.5 Å². The van der Waals surface area contributed by atoms with Gasteiger partial charge in [-0.05, 0) is 63.2 Å². The van der Waals surface area contributed by atoms with E-state index in [-0.39, 0.29) is 33.5 Å². The van der Waals surface area contributed by atoms with Crippen LogP contribution in [-0.4, -0.2) is 37.9 Å². The highest BCUT2D eigenvalue weighted by Crippen LogP contribution is 2.25. The van der Waals surface area contributed by atoms with Crippen molar-refractivity contribution in [2.45, 2.75) is 32.6 Å². The molecule has 11 heteroatoms. The number of esters is 1. The molecule has 178 valence electrons. The molecule has 0 aromatic heterocycles. The summed E-state index contributed by atoms with van der Waals surface area (Å²) in [5.41, 5.74) is -0.831. The number of carboxylic acids is 1. The van der Waals surface area contributed by atoms with Gasteiger partial charge < -0.3 is 15.2 Å². The summed E-state index contributed by atoms with van der Waals surface area (Å²) in [7, 11) is -4.11. The van der Waals surface area contributed by atoms with Gasteiger partial charge in [0, 0.05) is 11.6 Å². The number of hydrogen-bond donors (Lipinski definition) is 3. The van der Waals surface area contributed by atoms with Crippen molar-refractivity contribution < 1.29 is 32.6 Å². The van der Waals surface area contributed by atoms with Crippen molar-refractivity contribution in [2.75, 3.05) is 11.3 Å². The van der Waals surface area contributed by atoms with E-state index in [4.69, 9.17) is 21.4 Å². The third-order valence-corrected chi connectivity index (χ3v) is 6.03. The van der Waals surface area contributed by atoms with Crippen LogP contribution < -0.4 is 14.8 Å². The molecule has 2 aromatic carbocycles. The molecule has 0 saturated carbocycles. The second kappa shape index (κ2) is 10.2. The van der Waals surface area contributed by atoms with Crippen LogP contribution in [0.15, 0.2) is 47.4 Å². The number of carboxylic acid groups (broad SMARTS) is 1. The van der Waals surface area contributed by atoms with E-state index in [2.05, 4.69) is 10.0 Å². The zero-order valence-electron chi connectivity index (χ0n) is 18.5. The van der Waals surface area contributed by atoms with Gasteiger partial charge in [0.15, 0.2) is 0 Å². The first-order valence-electron chi connectivity index (χ1n) is 9.86. The fourth-order valence-electron chi connectivity index (χ4n) is 2.37. The van der Waals surface area contributed by atoms with Crippen LogP contribution in [0.5, 0.6) is 5.75 Å². The van der Waals surface area contributed by atoms with Crippen molar-refractivity contribution in [3.8, 4) is 5.75 Å². The van der Waals surface area contributed by atoms with Gasteiger partial charge in [-0.1, -0.05) is 18.5 Å². The monoisotopic (exact) mass is 496 g/mol. The Kier molecular flexibility index (Phi) is 8.10. The second-order valence-electron chi connectivity index (χ2n) is 8.36. The van der Waals surface area contributed by atoms with Gasteiger partial charge in [0.1, 0.15) is 5.75 Å². The van der Waals surface area contributed by atoms with E-state index >= 15 is 0 Å². The SMILES string of the molecule is CC(CNC(=O)c1cc(Cl)ccc1NS(=O)(=O)c1ccc(OC(=O)C(C)(C)C)cc1)C(=O)O. The number of rotatable bonds is 8. The molecule has 1 amide bonds. The summed E-state index contributed by atoms with van der Waals surface area (Å²) in [5, 5.41) is 11.6. The number of anilines is 1. The lowest BCUT2D eigenvalue weighted by molar-refractivity contribution is -0.143. The molecule has 0 spiro atoms. The van der Waals surface area contributed by atoms with E-state index in [0.717, 1.165) is 0 Å². The van der Waals surface area contributed by atoms with Crippen LogP contribution in [0.25, 0.3) is 0 Å². The van der Waals surface area contributed by atoms with Gasteiger partial charge in [0.2, 0.25) is 0 Å². The lowest BCUT2D eigenvalue weighted by Crippen LogP contribution is -2.32. The first kappa shape index (κ1) is 26.1. The fourth-order valence-corrected chi connectivity index (χ4v) is 3.62. The van der Waals surface area contributed by atoms with Gasteiger partial charge in [-0.25, -0.2) is 8.42 Å². The predicted molar refractivity (Wildman–Crippen MR) is 123 cm³/mol. The Morgan fingerprint density at radius 2 is 1.70 bits per heavy atom. The Morgan fingerprint density at radius 3 is 2.24 bits per heavy atom. The number of sulfonamides is 1. The highest BCUT2D eigenvalue weighted by atomic mass is 35.5. The average molecular weight is 497 g/mol. The zero-order chi connectivity index (χ0) is 25.0. The quantitative estimate of drug-likeness (QED) is 0.375. The van der Waals surface area contributed by atoms with E-state index in [9.17, 15) is 22.8 Å². The molecule has 1 atom stereocenters. The molecule has 0 saturated heterocycles. The van der Waals surface area contributed by atoms with Gasteiger partial charge in [-0.2, -0.15) is 0 Å². The fraction of sp³-hybridized carbons (Fsp3) is 0.318. The molecule has 0 aliphatic heterocycles. The first-order valence-corrected chi connectivity index (χ1v) is 11.7. The van der Waals surface area contributed by atoms with Crippen LogP contribution in [0, 0.1) is 11.3 Å². The van der Waals surface area contributed by atoms with Crippen LogP contribution in [0.2, 0.25) is 5.02 Å². The third kappa shape index (κ3) is 7.19. The summed E-state index contributed by atoms with van der Waals surface area (Å²) in [4.78, 5) is 35.4. The van der Waals surface area contributed by atoms with Crippen molar-refractivity contribution in [3.63, 3.8) is 0 Å². The van der Waals surface area contributed by atoms with E-state index in [1.54, 1.807) is 20.8 Å². The van der Waals surface area contributed by atoms with E-state index < -0.39 is 39.2 Å². The summed E-state index contributed by atoms with van der Waals surface area (Å²) in [6.45, 7) is 6.36. The third-order valence-electron chi connectivity index (χ3n) is 4.42. The molecule has 1 unspecified atom stereocenters. The van der Waals surface area contributed by atoms with Crippen molar-refractivity contribution in [1.29, 1.82) is 0 Å². The minimum Gasteiger partial charge on any atom is -0.481 e. The molecule has 0 radical (unpaired) electrons. The number of nitrogens with one attached hydrogen (secondary N) is 2. The van der Waals surface area contributed by atoms with E-state index in [1.807, 2.05) is 0 Å². The highest BCUT2D eigenvalue weighted by molar-refractivity contribution is 7.92. The highest BCUT2D eigenvalue weighted by Gasteiger charge is 2.24. The van der Waals surface area contributed by atoms with Crippen LogP contribution in [0.4, 0.5) is 5.69 Å². The summed E-state index contributed by atoms with van der Waals surface area (Å²) >= 11 is 5.96. The molecule has 2 aromatic rings. The lowest BCUT2D eigenvalue weighted by atomic mass is 9.97. The minimum atomic E-state index is -4.11. The topological polar surface area (TPSA) is 139 Å². The van der Waals surface area contributed by atoms with Crippen LogP contribution in [0.3, 0.4) is 0 Å². The molecular formula is C22H25ClN2O7S. The van der Waals surface area contributed by atoms with Gasteiger partial charge in [-0.15, -0.1) is 0 Å². The Labute approximate surface area is 197 Å². The van der Waals surface area contributed by atoms with Gasteiger partial charge >= 0.3 is 11.9 Å². The molecule has 3 N–H and O–H groups in total. The normalized spacial score (nSPS) is 12.5. The summed E-state index contributed by atoms with van der Waals surface area (Å²) in [5.74, 6) is -2.89. The number of carbonyl (C=O) groups is 3. The molecule has 0 bridgehead atoms. The average Bonchev–Trinajstić information content (AvgIpc) is 2.72. The number of ether oxygens (including phenoxy) is 1. The molecular weight excluding hydrogens is 472 g/mol. The lowest BCUT2D eigenvalue weighted by Gasteiger charge is -2.16. The largest absolute Gasteiger partial charge is 0.481 e. The number of aliphatic carboxylic acids is 1. The number of benzene rings is 2. The Morgan fingerprint density at radius 1 is 1.09 bits per heavy atom. The maximum atomic E-state index is 12.8. The number of carbonyl (C=O) groups excluding carboxylic acids is 2. The minimum absolute atomic E-state index is 0.0388. The Hall–Kier alpha value is -3.11. The van der Waals surface area contributed by atoms with E-state index in [0.29, 0.717) is 0 Å². The van der Waals surface area contributed by atoms with Crippen LogP contribution in [0.1, 0.15) is 38.1 Å². The summed E-state index contributed by atoms with van der Waals surface area (Å²) in [6.07, 6.45) is 0. The Balaban J connectivity index is 2.23. The Bertz CT molecular complexity index is 1160. The maximum absolute atomic E-state index is 12.8. The van der Waals surface area contributed by atoms with Gasteiger partial charge in [0.25, 0.3) is 15.9 Å². The molecule has 9 nitrogen and oxygen atoms in total. The summed E-state index contributed by atoms with van der Waals surface area (Å²) in [6, 6.07) is 9.23. The molecule has 0 fully saturated rings. The van der Waals surface area contributed by atoms with Gasteiger partial charge in [-0.3, -0.25) is 19.1 Å². The zero-order valence-corrected chi connectivity index (χ0v) is 20.1. The molecule has 0 aliphatic carbocycles. The van der Waals surface area contributed by atoms with Crippen molar-refractivity contribution in [2.24, 2.45) is 11.3 Å². The number of amides is 1. The number of halogens is 1. The van der Waals surface area contributed by atoms with Crippen molar-refractivity contribution in [1.82, 2.24) is 5.32 Å². The smallest absolute Gasteiger partial charge is 0.316 e. The standard InChI is InChI=1S/C22H25ClN2O7S/c1-13(20(27)28)12-24-19(26)17-11-14(23)5-10-18(17)25-33(30,31)16-8-6-15(7-9-16)32-21(29)22(2,3)4/h5-11,13,25H,12H2,1-4H3,(H,24,26)(H,27,28). The van der Waals surface area contributed by atoms with Crippen molar-refractivity contribution in [3.05, 3.63) is 53.1 Å². The molecule has 0 aliphatic rings. The van der Waals surface area contributed by atoms with Crippen LogP contribution >= 0.6 is 11.6 Å². The first-order chi connectivity index (χ1) is 15.2. The molecule has 2 rings (SSSR count). The molecule has 0 heterocycles. The summed E-state index contributed by atoms with van der Waals surface area (Å²) < 4.78 is 33.3. The van der Waals surface area contributed by atoms with Crippen molar-refractivity contribution >= 4 is 45.2 Å². The van der Waals surface area contributed by atoms with E-state index in [1.165, 1.54) is 49.4 Å². The number of hydrogen-bond acceptors (Lipinski definition) is 6. The van der Waals surface area contributed by atoms with Crippen LogP contribution in [-0.2, 0) is 19.6 Å². The second-order valence-corrected chi connectivity index (χ2v) is 10.5. The maximum Gasteiger partial charge on any atom is 0.316 e. The molecule has 33 heavy (non-hydrogen) atoms. The predicted octanol–water partition coefficient (Wildman–Crippen LogP) is 3.54.